The lowest BCUT2D eigenvalue weighted by Gasteiger charge is -2.19. The zero-order valence-corrected chi connectivity index (χ0v) is 42.7. The number of carboxylic acids is 1. The summed E-state index contributed by atoms with van der Waals surface area (Å²) >= 11 is 0. The molecule has 71 heavy (non-hydrogen) atoms. The van der Waals surface area contributed by atoms with Crippen molar-refractivity contribution >= 4 is 31.9 Å². The van der Waals surface area contributed by atoms with Gasteiger partial charge in [-0.3, -0.25) is 9.59 Å². The SMILES string of the molecule is CC(C)(O)c1cccc(S(N)(=O)=O)c1.COc1cc(-c2cc(F)cc(C(C)C)c2CC(=O)NS(=O)(=O)c2cccc(C(C)(C)O)c2)ccn1.COc1cc(-c2cc(F)cc(C(C)C)c2CC(=O)O)ccn1. The van der Waals surface area contributed by atoms with Crippen LogP contribution in [0.25, 0.3) is 22.3 Å². The Morgan fingerprint density at radius 3 is 1.44 bits per heavy atom. The summed E-state index contributed by atoms with van der Waals surface area (Å²) in [5, 5.41) is 34.0. The van der Waals surface area contributed by atoms with Gasteiger partial charge in [0.1, 0.15) is 11.6 Å². The van der Waals surface area contributed by atoms with Crippen molar-refractivity contribution in [3.05, 3.63) is 154 Å². The van der Waals surface area contributed by atoms with Crippen molar-refractivity contribution in [3.8, 4) is 34.0 Å². The smallest absolute Gasteiger partial charge is 0.307 e. The Bertz CT molecular complexity index is 3100. The van der Waals surface area contributed by atoms with Crippen molar-refractivity contribution in [2.75, 3.05) is 14.2 Å². The Balaban J connectivity index is 0.000000258. The van der Waals surface area contributed by atoms with E-state index < -0.39 is 48.9 Å². The van der Waals surface area contributed by atoms with Crippen molar-refractivity contribution in [3.63, 3.8) is 0 Å². The third kappa shape index (κ3) is 15.9. The number of nitrogens with two attached hydrogens (primary N) is 1. The van der Waals surface area contributed by atoms with Crippen LogP contribution in [0.4, 0.5) is 8.78 Å². The van der Waals surface area contributed by atoms with Gasteiger partial charge in [-0.25, -0.2) is 45.4 Å². The summed E-state index contributed by atoms with van der Waals surface area (Å²) in [5.74, 6) is -1.96. The number of aliphatic carboxylic acids is 1. The number of amides is 1. The Kier molecular flexibility index (Phi) is 18.9. The van der Waals surface area contributed by atoms with Crippen molar-refractivity contribution in [1.82, 2.24) is 14.7 Å². The minimum absolute atomic E-state index is 0.0112. The minimum Gasteiger partial charge on any atom is -0.481 e. The van der Waals surface area contributed by atoms with E-state index in [4.69, 9.17) is 14.6 Å². The fourth-order valence-corrected chi connectivity index (χ4v) is 8.88. The van der Waals surface area contributed by atoms with Crippen LogP contribution in [0.15, 0.2) is 119 Å². The molecule has 0 saturated heterocycles. The van der Waals surface area contributed by atoms with E-state index in [9.17, 15) is 50.5 Å². The summed E-state index contributed by atoms with van der Waals surface area (Å²) in [5.41, 5.74) is 3.29. The molecular formula is C52H60F2N4O11S2. The molecule has 0 atom stereocenters. The number of methoxy groups -OCH3 is 2. The van der Waals surface area contributed by atoms with Crippen LogP contribution in [0.5, 0.6) is 11.8 Å². The summed E-state index contributed by atoms with van der Waals surface area (Å²) in [6.07, 6.45) is 2.61. The van der Waals surface area contributed by atoms with Gasteiger partial charge in [0.05, 0.1) is 48.1 Å². The summed E-state index contributed by atoms with van der Waals surface area (Å²) < 4.78 is 88.7. The van der Waals surface area contributed by atoms with Crippen LogP contribution >= 0.6 is 0 Å². The number of halogens is 2. The number of carbonyl (C=O) groups is 2. The van der Waals surface area contributed by atoms with Gasteiger partial charge in [0, 0.05) is 24.5 Å². The monoisotopic (exact) mass is 1020 g/mol. The highest BCUT2D eigenvalue weighted by atomic mass is 32.2. The van der Waals surface area contributed by atoms with E-state index in [1.165, 1.54) is 88.9 Å². The standard InChI is InChI=1S/C26H29FN2O5S.C17H18FNO3.C9H13NO3S/c1-16(2)21-13-19(27)14-22(17-9-10-28-25(11-17)34-5)23(21)15-24(30)29-35(32,33)20-8-6-7-18(12-20)26(3,4)31;1-10(2)13-7-12(18)8-14(15(13)9-17(20)21)11-4-5-19-16(6-11)22-3;1-9(2,11)7-4-3-5-8(6-7)14(10,12)13/h6-14,16,31H,15H2,1-5H3,(H,29,30);4-8,10H,9H2,1-3H3,(H,20,21);3-6,11H,1-2H3,(H2,10,12,13). The summed E-state index contributed by atoms with van der Waals surface area (Å²) in [6, 6.07) is 23.8. The molecule has 0 spiro atoms. The lowest BCUT2D eigenvalue weighted by atomic mass is 9.88. The fourth-order valence-electron chi connectivity index (χ4n) is 7.29. The molecule has 0 aliphatic heterocycles. The van der Waals surface area contributed by atoms with Crippen LogP contribution < -0.4 is 19.3 Å². The minimum atomic E-state index is -4.21. The zero-order chi connectivity index (χ0) is 53.2. The second-order valence-corrected chi connectivity index (χ2v) is 21.3. The molecular weight excluding hydrogens is 959 g/mol. The number of carbonyl (C=O) groups excluding carboxylic acids is 1. The number of carboxylic acid groups (broad SMARTS) is 1. The number of hydrogen-bond donors (Lipinski definition) is 5. The van der Waals surface area contributed by atoms with E-state index >= 15 is 0 Å². The van der Waals surface area contributed by atoms with E-state index in [1.807, 2.05) is 27.7 Å². The number of benzene rings is 4. The maximum Gasteiger partial charge on any atom is 0.307 e. The quantitative estimate of drug-likeness (QED) is 0.0648. The molecule has 15 nitrogen and oxygen atoms in total. The number of ether oxygens (including phenoxy) is 2. The molecule has 0 fully saturated rings. The number of rotatable bonds is 15. The van der Waals surface area contributed by atoms with E-state index in [1.54, 1.807) is 62.5 Å². The molecule has 2 heterocycles. The van der Waals surface area contributed by atoms with Crippen LogP contribution in [0.1, 0.15) is 101 Å². The Labute approximate surface area is 413 Å². The first-order valence-corrected chi connectivity index (χ1v) is 25.1. The molecule has 0 unspecified atom stereocenters. The maximum absolute atomic E-state index is 14.5. The molecule has 6 aromatic rings. The number of sulfonamides is 2. The number of nitrogens with one attached hydrogen (secondary N) is 1. The highest BCUT2D eigenvalue weighted by Gasteiger charge is 2.25. The van der Waals surface area contributed by atoms with Crippen molar-refractivity contribution in [2.24, 2.45) is 5.14 Å². The molecule has 1 amide bonds. The average molecular weight is 1020 g/mol. The third-order valence-corrected chi connectivity index (χ3v) is 13.2. The molecule has 380 valence electrons. The molecule has 6 N–H and O–H groups in total. The zero-order valence-electron chi connectivity index (χ0n) is 41.1. The van der Waals surface area contributed by atoms with Gasteiger partial charge in [0.15, 0.2) is 0 Å². The number of hydrogen-bond acceptors (Lipinski definition) is 12. The van der Waals surface area contributed by atoms with Gasteiger partial charge in [0.2, 0.25) is 27.7 Å². The van der Waals surface area contributed by atoms with Gasteiger partial charge < -0.3 is 24.8 Å². The van der Waals surface area contributed by atoms with Gasteiger partial charge in [-0.2, -0.15) is 0 Å². The normalized spacial score (nSPS) is 11.8. The molecule has 2 aromatic heterocycles. The molecule has 0 aliphatic carbocycles. The predicted octanol–water partition coefficient (Wildman–Crippen LogP) is 8.50. The molecule has 19 heteroatoms. The Morgan fingerprint density at radius 2 is 1.06 bits per heavy atom. The van der Waals surface area contributed by atoms with E-state index in [2.05, 4.69) is 14.7 Å². The van der Waals surface area contributed by atoms with Crippen LogP contribution in [-0.2, 0) is 53.7 Å². The van der Waals surface area contributed by atoms with E-state index in [0.717, 1.165) is 0 Å². The summed E-state index contributed by atoms with van der Waals surface area (Å²) in [4.78, 5) is 32.1. The largest absolute Gasteiger partial charge is 0.481 e. The first-order valence-electron chi connectivity index (χ1n) is 22.1. The lowest BCUT2D eigenvalue weighted by Crippen LogP contribution is -2.32. The van der Waals surface area contributed by atoms with Crippen LogP contribution in [0.2, 0.25) is 0 Å². The van der Waals surface area contributed by atoms with Crippen LogP contribution in [0, 0.1) is 11.6 Å². The molecule has 0 radical (unpaired) electrons. The van der Waals surface area contributed by atoms with E-state index in [0.29, 0.717) is 67.4 Å². The predicted molar refractivity (Wildman–Crippen MR) is 266 cm³/mol. The fraction of sp³-hybridized carbons (Fsp3) is 0.308. The molecule has 4 aromatic carbocycles. The topological polar surface area (TPSA) is 245 Å². The number of aromatic nitrogens is 2. The van der Waals surface area contributed by atoms with Crippen LogP contribution in [0.3, 0.4) is 0 Å². The third-order valence-electron chi connectivity index (χ3n) is 10.9. The van der Waals surface area contributed by atoms with Gasteiger partial charge in [-0.15, -0.1) is 0 Å². The van der Waals surface area contributed by atoms with E-state index in [-0.39, 0.29) is 40.3 Å². The van der Waals surface area contributed by atoms with Gasteiger partial charge >= 0.3 is 5.97 Å². The number of nitrogens with zero attached hydrogens (tertiary/aromatic N) is 2. The lowest BCUT2D eigenvalue weighted by molar-refractivity contribution is -0.136. The van der Waals surface area contributed by atoms with Crippen molar-refractivity contribution in [1.29, 1.82) is 0 Å². The van der Waals surface area contributed by atoms with Gasteiger partial charge in [-0.1, -0.05) is 52.0 Å². The molecule has 6 rings (SSSR count). The highest BCUT2D eigenvalue weighted by Crippen LogP contribution is 2.35. The number of pyridine rings is 2. The second kappa shape index (κ2) is 23.5. The highest BCUT2D eigenvalue weighted by molar-refractivity contribution is 7.90. The van der Waals surface area contributed by atoms with Crippen molar-refractivity contribution in [2.45, 2.75) is 101 Å². The Morgan fingerprint density at radius 1 is 0.648 bits per heavy atom. The molecule has 0 saturated carbocycles. The molecule has 0 bridgehead atoms. The first-order chi connectivity index (χ1) is 32.9. The van der Waals surface area contributed by atoms with Crippen LogP contribution in [-0.4, -0.2) is 68.2 Å². The summed E-state index contributed by atoms with van der Waals surface area (Å²) in [7, 11) is -4.95. The molecule has 0 aliphatic rings. The van der Waals surface area contributed by atoms with Gasteiger partial charge in [0.25, 0.3) is 10.0 Å². The summed E-state index contributed by atoms with van der Waals surface area (Å²) in [6.45, 7) is 13.8. The second-order valence-electron chi connectivity index (χ2n) is 18.0. The first kappa shape index (κ1) is 56.9. The Hall–Kier alpha value is -6.64. The van der Waals surface area contributed by atoms with Crippen molar-refractivity contribution < 1.29 is 60.0 Å². The maximum atomic E-state index is 14.5. The number of aliphatic hydroxyl groups is 2. The average Bonchev–Trinajstić information content (AvgIpc) is 3.29. The number of primary sulfonamides is 1. The van der Waals surface area contributed by atoms with Gasteiger partial charge in [-0.05, 0) is 156 Å².